The minimum atomic E-state index is -0.0496. The molecule has 1 aliphatic rings. The largest absolute Gasteiger partial charge is 0.496 e. The normalized spacial score (nSPS) is 14.0. The predicted octanol–water partition coefficient (Wildman–Crippen LogP) is 2.84. The number of imidazole rings is 1. The maximum absolute atomic E-state index is 12.6. The molecule has 8 nitrogen and oxygen atoms in total. The standard InChI is InChI=1S/C25H28N6O2/c1-33-24-5-3-2-4-22(24)15-28-25(32)30-12-10-29(11-13-30)18-23-16-27-19-31(23)17-21-8-6-20(14-26)7-9-21/h2-9,16,19H,10-13,15,17-18H2,1H3,(H,28,32). The maximum atomic E-state index is 12.6. The minimum absolute atomic E-state index is 0.0496. The number of aromatic nitrogens is 2. The van der Waals surface area contributed by atoms with Crippen LogP contribution < -0.4 is 10.1 Å². The van der Waals surface area contributed by atoms with Gasteiger partial charge in [-0.1, -0.05) is 30.3 Å². The van der Waals surface area contributed by atoms with E-state index < -0.39 is 0 Å². The zero-order valence-corrected chi connectivity index (χ0v) is 18.8. The van der Waals surface area contributed by atoms with Crippen molar-refractivity contribution in [2.75, 3.05) is 33.3 Å². The second kappa shape index (κ2) is 10.7. The summed E-state index contributed by atoms with van der Waals surface area (Å²) in [7, 11) is 1.64. The van der Waals surface area contributed by atoms with Crippen LogP contribution in [0.25, 0.3) is 0 Å². The van der Waals surface area contributed by atoms with E-state index in [0.29, 0.717) is 31.7 Å². The molecule has 2 heterocycles. The van der Waals surface area contributed by atoms with Gasteiger partial charge in [0.1, 0.15) is 5.75 Å². The van der Waals surface area contributed by atoms with Crippen molar-refractivity contribution in [2.45, 2.75) is 19.6 Å². The Bertz CT molecular complexity index is 1110. The molecule has 170 valence electrons. The van der Waals surface area contributed by atoms with Crippen LogP contribution in [0.2, 0.25) is 0 Å². The molecule has 1 aliphatic heterocycles. The lowest BCUT2D eigenvalue weighted by molar-refractivity contribution is 0.133. The second-order valence-electron chi connectivity index (χ2n) is 8.06. The fraction of sp³-hybridized carbons (Fsp3) is 0.320. The van der Waals surface area contributed by atoms with Crippen molar-refractivity contribution in [1.29, 1.82) is 5.26 Å². The summed E-state index contributed by atoms with van der Waals surface area (Å²) in [4.78, 5) is 21.2. The van der Waals surface area contributed by atoms with Gasteiger partial charge >= 0.3 is 6.03 Å². The third-order valence-corrected chi connectivity index (χ3v) is 5.90. The molecule has 8 heteroatoms. The van der Waals surface area contributed by atoms with Crippen molar-refractivity contribution in [3.8, 4) is 11.8 Å². The number of amides is 2. The third kappa shape index (κ3) is 5.70. The summed E-state index contributed by atoms with van der Waals surface area (Å²) in [5.74, 6) is 0.778. The Morgan fingerprint density at radius 1 is 1.09 bits per heavy atom. The Hall–Kier alpha value is -3.83. The molecule has 33 heavy (non-hydrogen) atoms. The summed E-state index contributed by atoms with van der Waals surface area (Å²) < 4.78 is 7.49. The molecule has 0 unspecified atom stereocenters. The summed E-state index contributed by atoms with van der Waals surface area (Å²) in [6.07, 6.45) is 3.74. The highest BCUT2D eigenvalue weighted by Gasteiger charge is 2.22. The number of methoxy groups -OCH3 is 1. The zero-order valence-electron chi connectivity index (χ0n) is 18.8. The Morgan fingerprint density at radius 3 is 2.58 bits per heavy atom. The fourth-order valence-electron chi connectivity index (χ4n) is 3.97. The highest BCUT2D eigenvalue weighted by molar-refractivity contribution is 5.74. The van der Waals surface area contributed by atoms with E-state index in [1.54, 1.807) is 7.11 Å². The quantitative estimate of drug-likeness (QED) is 0.606. The number of nitrogens with zero attached hydrogens (tertiary/aromatic N) is 5. The molecule has 1 saturated heterocycles. The summed E-state index contributed by atoms with van der Waals surface area (Å²) in [6.45, 7) is 4.92. The number of piperazine rings is 1. The van der Waals surface area contributed by atoms with Gasteiger partial charge in [0.25, 0.3) is 0 Å². The first-order valence-electron chi connectivity index (χ1n) is 11.0. The molecular weight excluding hydrogens is 416 g/mol. The molecule has 2 amide bonds. The van der Waals surface area contributed by atoms with E-state index >= 15 is 0 Å². The lowest BCUT2D eigenvalue weighted by Crippen LogP contribution is -2.51. The summed E-state index contributed by atoms with van der Waals surface area (Å²) in [5, 5.41) is 12.0. The molecule has 1 N–H and O–H groups in total. The highest BCUT2D eigenvalue weighted by Crippen LogP contribution is 2.17. The second-order valence-corrected chi connectivity index (χ2v) is 8.06. The van der Waals surface area contributed by atoms with Crippen LogP contribution in [0.1, 0.15) is 22.4 Å². The van der Waals surface area contributed by atoms with E-state index in [1.165, 1.54) is 0 Å². The Labute approximate surface area is 194 Å². The Morgan fingerprint density at radius 2 is 1.85 bits per heavy atom. The van der Waals surface area contributed by atoms with Gasteiger partial charge in [-0.25, -0.2) is 9.78 Å². The molecule has 0 radical (unpaired) electrons. The molecule has 0 spiro atoms. The van der Waals surface area contributed by atoms with E-state index in [2.05, 4.69) is 25.8 Å². The summed E-state index contributed by atoms with van der Waals surface area (Å²) in [5.41, 5.74) is 3.88. The van der Waals surface area contributed by atoms with Crippen molar-refractivity contribution in [3.63, 3.8) is 0 Å². The number of hydrogen-bond acceptors (Lipinski definition) is 5. The smallest absolute Gasteiger partial charge is 0.317 e. The van der Waals surface area contributed by atoms with Crippen molar-refractivity contribution < 1.29 is 9.53 Å². The van der Waals surface area contributed by atoms with E-state index in [-0.39, 0.29) is 6.03 Å². The van der Waals surface area contributed by atoms with E-state index in [0.717, 1.165) is 42.2 Å². The molecule has 4 rings (SSSR count). The Balaban J connectivity index is 1.26. The number of urea groups is 1. The van der Waals surface area contributed by atoms with Crippen molar-refractivity contribution in [1.82, 2.24) is 24.7 Å². The number of nitriles is 1. The Kier molecular flexibility index (Phi) is 7.22. The van der Waals surface area contributed by atoms with Crippen LogP contribution in [0.3, 0.4) is 0 Å². The molecule has 2 aromatic carbocycles. The van der Waals surface area contributed by atoms with Crippen LogP contribution in [-0.4, -0.2) is 58.7 Å². The number of rotatable bonds is 7. The number of carbonyl (C=O) groups is 1. The van der Waals surface area contributed by atoms with E-state index in [9.17, 15) is 4.79 Å². The first-order valence-corrected chi connectivity index (χ1v) is 11.0. The van der Waals surface area contributed by atoms with Crippen molar-refractivity contribution in [3.05, 3.63) is 83.4 Å². The van der Waals surface area contributed by atoms with E-state index in [1.807, 2.05) is 66.0 Å². The minimum Gasteiger partial charge on any atom is -0.496 e. The number of benzene rings is 2. The summed E-state index contributed by atoms with van der Waals surface area (Å²) in [6, 6.07) is 17.4. The fourth-order valence-corrected chi connectivity index (χ4v) is 3.97. The van der Waals surface area contributed by atoms with Crippen molar-refractivity contribution in [2.24, 2.45) is 0 Å². The molecule has 1 aromatic heterocycles. The molecule has 0 bridgehead atoms. The summed E-state index contributed by atoms with van der Waals surface area (Å²) >= 11 is 0. The molecular formula is C25H28N6O2. The number of carbonyl (C=O) groups excluding carboxylic acids is 1. The predicted molar refractivity (Wildman–Crippen MR) is 125 cm³/mol. The monoisotopic (exact) mass is 444 g/mol. The molecule has 0 aliphatic carbocycles. The topological polar surface area (TPSA) is 86.4 Å². The van der Waals surface area contributed by atoms with E-state index in [4.69, 9.17) is 10.00 Å². The van der Waals surface area contributed by atoms with Crippen LogP contribution in [-0.2, 0) is 19.6 Å². The third-order valence-electron chi connectivity index (χ3n) is 5.90. The first kappa shape index (κ1) is 22.4. The van der Waals surface area contributed by atoms with Crippen LogP contribution in [0, 0.1) is 11.3 Å². The van der Waals surface area contributed by atoms with Crippen LogP contribution in [0.15, 0.2) is 61.1 Å². The molecule has 0 saturated carbocycles. The lowest BCUT2D eigenvalue weighted by Gasteiger charge is -2.34. The van der Waals surface area contributed by atoms with Crippen molar-refractivity contribution >= 4 is 6.03 Å². The van der Waals surface area contributed by atoms with Gasteiger partial charge in [0.05, 0.1) is 30.8 Å². The first-order chi connectivity index (χ1) is 16.2. The van der Waals surface area contributed by atoms with Crippen LogP contribution in [0.5, 0.6) is 5.75 Å². The number of nitrogens with one attached hydrogen (secondary N) is 1. The number of hydrogen-bond donors (Lipinski definition) is 1. The van der Waals surface area contributed by atoms with Crippen LogP contribution in [0.4, 0.5) is 4.79 Å². The molecule has 3 aromatic rings. The van der Waals surface area contributed by atoms with Gasteiger partial charge in [0.15, 0.2) is 0 Å². The van der Waals surface area contributed by atoms with Gasteiger partial charge in [-0.15, -0.1) is 0 Å². The average Bonchev–Trinajstić information content (AvgIpc) is 3.29. The maximum Gasteiger partial charge on any atom is 0.317 e. The number of para-hydroxylation sites is 1. The van der Waals surface area contributed by atoms with Gasteiger partial charge in [0, 0.05) is 57.6 Å². The van der Waals surface area contributed by atoms with Crippen LogP contribution >= 0.6 is 0 Å². The van der Waals surface area contributed by atoms with Gasteiger partial charge in [-0.2, -0.15) is 5.26 Å². The SMILES string of the molecule is COc1ccccc1CNC(=O)N1CCN(Cc2cncn2Cc2ccc(C#N)cc2)CC1. The number of ether oxygens (including phenoxy) is 1. The zero-order chi connectivity index (χ0) is 23.0. The lowest BCUT2D eigenvalue weighted by atomic mass is 10.1. The molecule has 1 fully saturated rings. The van der Waals surface area contributed by atoms with Gasteiger partial charge in [0.2, 0.25) is 0 Å². The average molecular weight is 445 g/mol. The van der Waals surface area contributed by atoms with Gasteiger partial charge < -0.3 is 19.5 Å². The van der Waals surface area contributed by atoms with Gasteiger partial charge in [-0.05, 0) is 23.8 Å². The van der Waals surface area contributed by atoms with Gasteiger partial charge in [-0.3, -0.25) is 4.90 Å². The molecule has 0 atom stereocenters. The highest BCUT2D eigenvalue weighted by atomic mass is 16.5.